The lowest BCUT2D eigenvalue weighted by Gasteiger charge is -2.33. The third-order valence-corrected chi connectivity index (χ3v) is 3.19. The summed E-state index contributed by atoms with van der Waals surface area (Å²) in [6, 6.07) is 1.83. The predicted molar refractivity (Wildman–Crippen MR) is 69.1 cm³/mol. The number of aromatic nitrogens is 2. The van der Waals surface area contributed by atoms with E-state index in [0.29, 0.717) is 0 Å². The lowest BCUT2D eigenvalue weighted by atomic mass is 10.3. The third-order valence-electron chi connectivity index (χ3n) is 3.19. The van der Waals surface area contributed by atoms with Gasteiger partial charge in [0.1, 0.15) is 0 Å². The first-order chi connectivity index (χ1) is 8.38. The molecule has 17 heavy (non-hydrogen) atoms. The van der Waals surface area contributed by atoms with E-state index < -0.39 is 0 Å². The zero-order valence-corrected chi connectivity index (χ0v) is 10.5. The van der Waals surface area contributed by atoms with E-state index in [1.54, 1.807) is 12.4 Å². The molecule has 1 saturated heterocycles. The van der Waals surface area contributed by atoms with Gasteiger partial charge in [-0.2, -0.15) is 0 Å². The number of anilines is 1. The van der Waals surface area contributed by atoms with E-state index in [4.69, 9.17) is 0 Å². The number of hydrogen-bond acceptors (Lipinski definition) is 5. The Morgan fingerprint density at radius 1 is 1.12 bits per heavy atom. The summed E-state index contributed by atoms with van der Waals surface area (Å²) < 4.78 is 0. The zero-order chi connectivity index (χ0) is 11.9. The van der Waals surface area contributed by atoms with Crippen LogP contribution in [0.2, 0.25) is 0 Å². The summed E-state index contributed by atoms with van der Waals surface area (Å²) in [5.74, 6) is 0.722. The van der Waals surface area contributed by atoms with Crippen LogP contribution in [0, 0.1) is 0 Å². The number of hydrogen-bond donors (Lipinski definition) is 1. The molecule has 1 aromatic rings. The highest BCUT2D eigenvalue weighted by Crippen LogP contribution is 2.01. The van der Waals surface area contributed by atoms with E-state index in [2.05, 4.69) is 32.0 Å². The van der Waals surface area contributed by atoms with Crippen molar-refractivity contribution in [3.05, 3.63) is 18.5 Å². The maximum absolute atomic E-state index is 4.14. The molecular weight excluding hydrogens is 214 g/mol. The molecule has 0 aromatic carbocycles. The van der Waals surface area contributed by atoms with Crippen LogP contribution < -0.4 is 5.32 Å². The van der Waals surface area contributed by atoms with Crippen LogP contribution in [0.4, 0.5) is 5.95 Å². The van der Waals surface area contributed by atoms with E-state index in [1.165, 1.54) is 32.7 Å². The number of nitrogens with one attached hydrogen (secondary N) is 1. The highest BCUT2D eigenvalue weighted by atomic mass is 15.3. The van der Waals surface area contributed by atoms with E-state index >= 15 is 0 Å². The molecule has 0 radical (unpaired) electrons. The molecule has 0 saturated carbocycles. The van der Waals surface area contributed by atoms with Crippen molar-refractivity contribution in [1.29, 1.82) is 0 Å². The normalized spacial score (nSPS) is 18.2. The molecular formula is C12H21N5. The first kappa shape index (κ1) is 12.3. The van der Waals surface area contributed by atoms with Crippen LogP contribution >= 0.6 is 0 Å². The highest BCUT2D eigenvalue weighted by Gasteiger charge is 2.14. The van der Waals surface area contributed by atoms with Gasteiger partial charge < -0.3 is 10.2 Å². The lowest BCUT2D eigenvalue weighted by Crippen LogP contribution is -2.47. The fraction of sp³-hybridized carbons (Fsp3) is 0.667. The average Bonchev–Trinajstić information content (AvgIpc) is 2.41. The molecule has 1 aromatic heterocycles. The van der Waals surface area contributed by atoms with E-state index in [0.717, 1.165) is 19.0 Å². The fourth-order valence-electron chi connectivity index (χ4n) is 2.05. The van der Waals surface area contributed by atoms with Gasteiger partial charge in [0.25, 0.3) is 0 Å². The maximum Gasteiger partial charge on any atom is 0.222 e. The van der Waals surface area contributed by atoms with Gasteiger partial charge in [-0.1, -0.05) is 6.92 Å². The molecule has 2 heterocycles. The molecule has 1 N–H and O–H groups in total. The largest absolute Gasteiger partial charge is 0.353 e. The minimum Gasteiger partial charge on any atom is -0.353 e. The molecule has 0 amide bonds. The first-order valence-corrected chi connectivity index (χ1v) is 6.34. The third kappa shape index (κ3) is 3.94. The SMILES string of the molecule is CCN1CCN(CCNc2ncccn2)CC1. The van der Waals surface area contributed by atoms with Gasteiger partial charge in [0.15, 0.2) is 0 Å². The Balaban J connectivity index is 1.63. The van der Waals surface area contributed by atoms with E-state index in [1.807, 2.05) is 6.07 Å². The number of rotatable bonds is 5. The van der Waals surface area contributed by atoms with Gasteiger partial charge in [-0.25, -0.2) is 9.97 Å². The van der Waals surface area contributed by atoms with Gasteiger partial charge in [0.05, 0.1) is 0 Å². The molecule has 5 heteroatoms. The Hall–Kier alpha value is -1.20. The second-order valence-electron chi connectivity index (χ2n) is 4.28. The van der Waals surface area contributed by atoms with Crippen molar-refractivity contribution in [3.63, 3.8) is 0 Å². The van der Waals surface area contributed by atoms with Crippen LogP contribution in [0.5, 0.6) is 0 Å². The predicted octanol–water partition coefficient (Wildman–Crippen LogP) is 0.526. The van der Waals surface area contributed by atoms with Crippen LogP contribution in [0.25, 0.3) is 0 Å². The standard InChI is InChI=1S/C12H21N5/c1-2-16-8-10-17(11-9-16)7-6-15-12-13-4-3-5-14-12/h3-5H,2,6-11H2,1H3,(H,13,14,15). The summed E-state index contributed by atoms with van der Waals surface area (Å²) in [5.41, 5.74) is 0. The van der Waals surface area contributed by atoms with Crippen molar-refractivity contribution in [2.75, 3.05) is 51.1 Å². The number of likely N-dealkylation sites (N-methyl/N-ethyl adjacent to an activating group) is 1. The van der Waals surface area contributed by atoms with Crippen LogP contribution in [-0.4, -0.2) is 65.6 Å². The fourth-order valence-corrected chi connectivity index (χ4v) is 2.05. The Labute approximate surface area is 103 Å². The summed E-state index contributed by atoms with van der Waals surface area (Å²) in [4.78, 5) is 13.3. The smallest absolute Gasteiger partial charge is 0.222 e. The molecule has 0 atom stereocenters. The molecule has 1 aliphatic heterocycles. The molecule has 1 aliphatic rings. The van der Waals surface area contributed by atoms with Crippen molar-refractivity contribution < 1.29 is 0 Å². The molecule has 0 aliphatic carbocycles. The summed E-state index contributed by atoms with van der Waals surface area (Å²) in [5, 5.41) is 3.24. The minimum absolute atomic E-state index is 0.722. The van der Waals surface area contributed by atoms with Crippen LogP contribution in [0.1, 0.15) is 6.92 Å². The molecule has 0 bridgehead atoms. The van der Waals surface area contributed by atoms with Gasteiger partial charge in [-0.3, -0.25) is 4.90 Å². The number of nitrogens with zero attached hydrogens (tertiary/aromatic N) is 4. The second-order valence-corrected chi connectivity index (χ2v) is 4.28. The van der Waals surface area contributed by atoms with Gasteiger partial charge >= 0.3 is 0 Å². The van der Waals surface area contributed by atoms with Crippen LogP contribution in [0.15, 0.2) is 18.5 Å². The Morgan fingerprint density at radius 3 is 2.41 bits per heavy atom. The monoisotopic (exact) mass is 235 g/mol. The molecule has 0 spiro atoms. The van der Waals surface area contributed by atoms with Crippen molar-refractivity contribution in [1.82, 2.24) is 19.8 Å². The summed E-state index contributed by atoms with van der Waals surface area (Å²) in [7, 11) is 0. The van der Waals surface area contributed by atoms with Gasteiger partial charge in [-0.15, -0.1) is 0 Å². The second kappa shape index (κ2) is 6.51. The van der Waals surface area contributed by atoms with Crippen molar-refractivity contribution in [2.45, 2.75) is 6.92 Å². The van der Waals surface area contributed by atoms with Crippen molar-refractivity contribution in [3.8, 4) is 0 Å². The highest BCUT2D eigenvalue weighted by molar-refractivity contribution is 5.21. The molecule has 5 nitrogen and oxygen atoms in total. The van der Waals surface area contributed by atoms with Crippen LogP contribution in [-0.2, 0) is 0 Å². The Kier molecular flexibility index (Phi) is 4.70. The Morgan fingerprint density at radius 2 is 1.76 bits per heavy atom. The first-order valence-electron chi connectivity index (χ1n) is 6.34. The molecule has 94 valence electrons. The summed E-state index contributed by atoms with van der Waals surface area (Å²) in [6.45, 7) is 10.1. The van der Waals surface area contributed by atoms with Crippen LogP contribution in [0.3, 0.4) is 0 Å². The average molecular weight is 235 g/mol. The summed E-state index contributed by atoms with van der Waals surface area (Å²) in [6.07, 6.45) is 3.52. The van der Waals surface area contributed by atoms with Gasteiger partial charge in [0.2, 0.25) is 5.95 Å². The maximum atomic E-state index is 4.14. The summed E-state index contributed by atoms with van der Waals surface area (Å²) >= 11 is 0. The van der Waals surface area contributed by atoms with Crippen molar-refractivity contribution >= 4 is 5.95 Å². The molecule has 1 fully saturated rings. The van der Waals surface area contributed by atoms with E-state index in [9.17, 15) is 0 Å². The molecule has 2 rings (SSSR count). The molecule has 0 unspecified atom stereocenters. The minimum atomic E-state index is 0.722. The van der Waals surface area contributed by atoms with Gasteiger partial charge in [0, 0.05) is 51.7 Å². The quantitative estimate of drug-likeness (QED) is 0.806. The van der Waals surface area contributed by atoms with E-state index in [-0.39, 0.29) is 0 Å². The lowest BCUT2D eigenvalue weighted by molar-refractivity contribution is 0.141. The topological polar surface area (TPSA) is 44.3 Å². The Bertz CT molecular complexity index is 308. The number of piperazine rings is 1. The van der Waals surface area contributed by atoms with Crippen molar-refractivity contribution in [2.24, 2.45) is 0 Å². The van der Waals surface area contributed by atoms with Gasteiger partial charge in [-0.05, 0) is 12.6 Å². The zero-order valence-electron chi connectivity index (χ0n) is 10.5.